The number of ether oxygens (including phenoxy) is 1. The van der Waals surface area contributed by atoms with E-state index in [2.05, 4.69) is 22.3 Å². The van der Waals surface area contributed by atoms with Gasteiger partial charge in [0, 0.05) is 24.6 Å². The summed E-state index contributed by atoms with van der Waals surface area (Å²) < 4.78 is 10.4. The van der Waals surface area contributed by atoms with E-state index in [1.54, 1.807) is 24.3 Å². The highest BCUT2D eigenvalue weighted by atomic mass is 16.5. The van der Waals surface area contributed by atoms with E-state index in [1.807, 2.05) is 0 Å². The van der Waals surface area contributed by atoms with Gasteiger partial charge in [-0.15, -0.1) is 0 Å². The molecule has 2 atom stereocenters. The number of nitrogens with zero attached hydrogens (tertiary/aromatic N) is 2. The molecular weight excluding hydrogens is 346 g/mol. The van der Waals surface area contributed by atoms with Crippen LogP contribution in [0.2, 0.25) is 0 Å². The Morgan fingerprint density at radius 3 is 2.52 bits per heavy atom. The Hall–Kier alpha value is -2.67. The zero-order chi connectivity index (χ0) is 19.0. The molecule has 3 aliphatic rings. The minimum absolute atomic E-state index is 0.0625. The van der Waals surface area contributed by atoms with Crippen molar-refractivity contribution in [3.8, 4) is 11.6 Å². The molecule has 1 aromatic carbocycles. The van der Waals surface area contributed by atoms with Crippen LogP contribution in [0, 0.1) is 5.92 Å². The topological polar surface area (TPSA) is 84.7 Å². The van der Waals surface area contributed by atoms with Crippen molar-refractivity contribution in [3.05, 3.63) is 41.7 Å². The second-order valence-electron chi connectivity index (χ2n) is 7.33. The first kappa shape index (κ1) is 17.7. The number of carbonyl (C=O) groups excluding carboxylic acids is 2. The highest BCUT2D eigenvalue weighted by Gasteiger charge is 2.40. The van der Waals surface area contributed by atoms with E-state index in [1.165, 1.54) is 13.0 Å². The summed E-state index contributed by atoms with van der Waals surface area (Å²) >= 11 is 0. The third-order valence-electron chi connectivity index (χ3n) is 5.65. The zero-order valence-electron chi connectivity index (χ0n) is 15.5. The van der Waals surface area contributed by atoms with Crippen molar-refractivity contribution in [1.29, 1.82) is 0 Å². The van der Waals surface area contributed by atoms with Gasteiger partial charge in [-0.05, 0) is 68.2 Å². The number of benzene rings is 1. The number of hydrogen-bond acceptors (Lipinski definition) is 6. The number of Topliss-reactive ketones (excluding diaryl/α,β-unsaturated/α-hetero) is 1. The van der Waals surface area contributed by atoms with Crippen molar-refractivity contribution in [2.45, 2.75) is 38.8 Å². The minimum atomic E-state index is -0.216. The molecule has 1 amide bonds. The average Bonchev–Trinajstić information content (AvgIpc) is 3.14. The Morgan fingerprint density at radius 2 is 1.93 bits per heavy atom. The van der Waals surface area contributed by atoms with Crippen LogP contribution in [0.4, 0.5) is 0 Å². The summed E-state index contributed by atoms with van der Waals surface area (Å²) in [6.07, 6.45) is 2.31. The molecular formula is C20H23N3O4. The van der Waals surface area contributed by atoms with Crippen LogP contribution < -0.4 is 10.1 Å². The third kappa shape index (κ3) is 3.60. The lowest BCUT2D eigenvalue weighted by molar-refractivity contribution is 0.0217. The highest BCUT2D eigenvalue weighted by Crippen LogP contribution is 2.32. The van der Waals surface area contributed by atoms with Gasteiger partial charge in [-0.2, -0.15) is 0 Å². The second kappa shape index (κ2) is 7.15. The maximum atomic E-state index is 12.6. The molecule has 0 radical (unpaired) electrons. The SMILES string of the molecule is CC(=O)c1cc(Oc2ccc(C(=O)NC3C4CCN(CC4)C3C)cc2)no1. The lowest BCUT2D eigenvalue weighted by atomic mass is 9.79. The van der Waals surface area contributed by atoms with Gasteiger partial charge in [0.2, 0.25) is 5.76 Å². The van der Waals surface area contributed by atoms with Gasteiger partial charge in [-0.3, -0.25) is 14.5 Å². The van der Waals surface area contributed by atoms with Crippen LogP contribution in [-0.4, -0.2) is 46.9 Å². The van der Waals surface area contributed by atoms with Gasteiger partial charge in [0.25, 0.3) is 11.8 Å². The number of hydrogen-bond donors (Lipinski definition) is 1. The fourth-order valence-corrected chi connectivity index (χ4v) is 4.05. The molecule has 2 unspecified atom stereocenters. The van der Waals surface area contributed by atoms with E-state index in [4.69, 9.17) is 9.26 Å². The van der Waals surface area contributed by atoms with Crippen molar-refractivity contribution < 1.29 is 18.8 Å². The van der Waals surface area contributed by atoms with Gasteiger partial charge in [-0.25, -0.2) is 0 Å². The number of amides is 1. The Kier molecular flexibility index (Phi) is 4.70. The molecule has 5 rings (SSSR count). The summed E-state index contributed by atoms with van der Waals surface area (Å²) in [5.74, 6) is 1.16. The monoisotopic (exact) mass is 369 g/mol. The van der Waals surface area contributed by atoms with Gasteiger partial charge in [0.05, 0.1) is 6.07 Å². The summed E-state index contributed by atoms with van der Waals surface area (Å²) in [5.41, 5.74) is 0.593. The minimum Gasteiger partial charge on any atom is -0.436 e. The van der Waals surface area contributed by atoms with Crippen molar-refractivity contribution in [2.75, 3.05) is 13.1 Å². The number of carbonyl (C=O) groups is 2. The number of aromatic nitrogens is 1. The Balaban J connectivity index is 1.39. The molecule has 142 valence electrons. The van der Waals surface area contributed by atoms with Crippen molar-refractivity contribution >= 4 is 11.7 Å². The fraction of sp³-hybridized carbons (Fsp3) is 0.450. The fourth-order valence-electron chi connectivity index (χ4n) is 4.05. The smallest absolute Gasteiger partial charge is 0.260 e. The molecule has 3 aliphatic heterocycles. The molecule has 7 nitrogen and oxygen atoms in total. The Morgan fingerprint density at radius 1 is 1.22 bits per heavy atom. The molecule has 7 heteroatoms. The van der Waals surface area contributed by atoms with Gasteiger partial charge in [0.15, 0.2) is 5.78 Å². The van der Waals surface area contributed by atoms with Crippen LogP contribution in [0.25, 0.3) is 0 Å². The van der Waals surface area contributed by atoms with Crippen molar-refractivity contribution in [2.24, 2.45) is 5.92 Å². The predicted octanol–water partition coefficient (Wildman–Crippen LogP) is 2.88. The first-order valence-corrected chi connectivity index (χ1v) is 9.32. The van der Waals surface area contributed by atoms with E-state index in [0.29, 0.717) is 23.3 Å². The largest absolute Gasteiger partial charge is 0.436 e. The molecule has 27 heavy (non-hydrogen) atoms. The summed E-state index contributed by atoms with van der Waals surface area (Å²) in [7, 11) is 0. The van der Waals surface area contributed by atoms with E-state index in [9.17, 15) is 9.59 Å². The van der Waals surface area contributed by atoms with E-state index in [0.717, 1.165) is 25.9 Å². The average molecular weight is 369 g/mol. The molecule has 3 fully saturated rings. The molecule has 1 N–H and O–H groups in total. The summed E-state index contributed by atoms with van der Waals surface area (Å²) in [6, 6.07) is 8.89. The molecule has 3 saturated heterocycles. The van der Waals surface area contributed by atoms with Crippen molar-refractivity contribution in [1.82, 2.24) is 15.4 Å². The van der Waals surface area contributed by atoms with Crippen LogP contribution in [0.5, 0.6) is 11.6 Å². The van der Waals surface area contributed by atoms with Crippen LogP contribution in [0.15, 0.2) is 34.9 Å². The molecule has 2 aromatic rings. The number of ketones is 1. The zero-order valence-corrected chi connectivity index (χ0v) is 15.5. The second-order valence-corrected chi connectivity index (χ2v) is 7.33. The first-order valence-electron chi connectivity index (χ1n) is 9.32. The van der Waals surface area contributed by atoms with Gasteiger partial charge in [0.1, 0.15) is 5.75 Å². The number of piperidine rings is 3. The van der Waals surface area contributed by atoms with E-state index in [-0.39, 0.29) is 29.4 Å². The Bertz CT molecular complexity index is 835. The summed E-state index contributed by atoms with van der Waals surface area (Å²) in [6.45, 7) is 5.86. The number of nitrogens with one attached hydrogen (secondary N) is 1. The lowest BCUT2D eigenvalue weighted by Gasteiger charge is -2.49. The molecule has 1 aromatic heterocycles. The van der Waals surface area contributed by atoms with E-state index >= 15 is 0 Å². The van der Waals surface area contributed by atoms with Crippen LogP contribution in [-0.2, 0) is 0 Å². The lowest BCUT2D eigenvalue weighted by Crippen LogP contribution is -2.62. The molecule has 0 aliphatic carbocycles. The standard InChI is InChI=1S/C20H23N3O4/c1-12-19(14-7-9-23(12)10-8-14)21-20(25)15-3-5-16(6-4-15)26-18-11-17(13(2)24)27-22-18/h3-6,11-12,14,19H,7-10H2,1-2H3,(H,21,25). The van der Waals surface area contributed by atoms with E-state index < -0.39 is 0 Å². The molecule has 4 heterocycles. The van der Waals surface area contributed by atoms with Gasteiger partial charge < -0.3 is 14.6 Å². The number of rotatable bonds is 5. The highest BCUT2D eigenvalue weighted by molar-refractivity contribution is 5.94. The third-order valence-corrected chi connectivity index (χ3v) is 5.65. The molecule has 0 spiro atoms. The Labute approximate surface area is 157 Å². The first-order chi connectivity index (χ1) is 13.0. The normalized spacial score (nSPS) is 26.6. The predicted molar refractivity (Wildman–Crippen MR) is 98.0 cm³/mol. The van der Waals surface area contributed by atoms with Crippen LogP contribution in [0.3, 0.4) is 0 Å². The summed E-state index contributed by atoms with van der Waals surface area (Å²) in [4.78, 5) is 26.3. The maximum absolute atomic E-state index is 12.6. The molecule has 2 bridgehead atoms. The maximum Gasteiger partial charge on any atom is 0.260 e. The molecule has 0 saturated carbocycles. The number of fused-ring (bicyclic) bond motifs is 3. The van der Waals surface area contributed by atoms with Crippen LogP contribution >= 0.6 is 0 Å². The summed E-state index contributed by atoms with van der Waals surface area (Å²) in [5, 5.41) is 6.91. The van der Waals surface area contributed by atoms with Gasteiger partial charge in [-0.1, -0.05) is 0 Å². The van der Waals surface area contributed by atoms with Crippen LogP contribution in [0.1, 0.15) is 47.6 Å². The quantitative estimate of drug-likeness (QED) is 0.816. The van der Waals surface area contributed by atoms with Crippen molar-refractivity contribution in [3.63, 3.8) is 0 Å². The van der Waals surface area contributed by atoms with Gasteiger partial charge >= 0.3 is 0 Å².